The molecule has 0 unspecified atom stereocenters. The summed E-state index contributed by atoms with van der Waals surface area (Å²) in [4.78, 5) is 56.7. The molecule has 0 aromatic heterocycles. The van der Waals surface area contributed by atoms with Crippen LogP contribution in [-0.2, 0) is 14.2 Å². The van der Waals surface area contributed by atoms with Gasteiger partial charge in [0.15, 0.2) is 11.6 Å². The Balaban J connectivity index is 0.000000702. The summed E-state index contributed by atoms with van der Waals surface area (Å²) in [5.74, 6) is -1.32. The molecule has 37 heavy (non-hydrogen) atoms. The number of nitrogens with one attached hydrogen (secondary N) is 1. The van der Waals surface area contributed by atoms with Crippen LogP contribution < -0.4 is 11.1 Å². The molecule has 0 saturated carbocycles. The molecule has 202 valence electrons. The summed E-state index contributed by atoms with van der Waals surface area (Å²) >= 11 is 0. The molecule has 1 amide bonds. The number of nitrogens with two attached hydrogens (primary N) is 1. The van der Waals surface area contributed by atoms with E-state index in [0.29, 0.717) is 22.3 Å². The Morgan fingerprint density at radius 3 is 1.41 bits per heavy atom. The smallest absolute Gasteiger partial charge is 0.408 e. The highest BCUT2D eigenvalue weighted by molar-refractivity contribution is 6.00. The van der Waals surface area contributed by atoms with Crippen LogP contribution in [-0.4, -0.2) is 74.7 Å². The van der Waals surface area contributed by atoms with Gasteiger partial charge in [0.1, 0.15) is 5.60 Å². The third kappa shape index (κ3) is 12.4. The maximum atomic E-state index is 11.9. The molecule has 4 N–H and O–H groups in total. The molecule has 2 aromatic rings. The number of ether oxygens (including phenoxy) is 3. The summed E-state index contributed by atoms with van der Waals surface area (Å²) in [6.07, 6.45) is -0.651. The third-order valence-electron chi connectivity index (χ3n) is 4.23. The van der Waals surface area contributed by atoms with Gasteiger partial charge >= 0.3 is 18.0 Å². The first-order valence-electron chi connectivity index (χ1n) is 11.0. The Morgan fingerprint density at radius 2 is 1.08 bits per heavy atom. The Hall–Kier alpha value is -4.09. The minimum absolute atomic E-state index is 0.0302. The number of rotatable bonds is 7. The van der Waals surface area contributed by atoms with Crippen LogP contribution in [0.1, 0.15) is 62.2 Å². The number of esters is 2. The molecule has 11 nitrogen and oxygen atoms in total. The fourth-order valence-electron chi connectivity index (χ4n) is 2.51. The lowest BCUT2D eigenvalue weighted by Gasteiger charge is -2.19. The Labute approximate surface area is 215 Å². The quantitative estimate of drug-likeness (QED) is 0.281. The first kappa shape index (κ1) is 32.9. The van der Waals surface area contributed by atoms with Crippen molar-refractivity contribution in [2.24, 2.45) is 5.73 Å². The molecule has 0 radical (unpaired) electrons. The van der Waals surface area contributed by atoms with E-state index in [-0.39, 0.29) is 24.7 Å². The van der Waals surface area contributed by atoms with Crippen molar-refractivity contribution in [2.75, 3.05) is 34.4 Å². The summed E-state index contributed by atoms with van der Waals surface area (Å²) < 4.78 is 14.1. The van der Waals surface area contributed by atoms with E-state index in [1.54, 1.807) is 32.9 Å². The van der Waals surface area contributed by atoms with Crippen molar-refractivity contribution in [3.05, 3.63) is 70.8 Å². The normalized spacial score (nSPS) is 9.84. The summed E-state index contributed by atoms with van der Waals surface area (Å²) in [7, 11) is 3.59. The van der Waals surface area contributed by atoms with Crippen molar-refractivity contribution in [3.63, 3.8) is 0 Å². The molecule has 0 aliphatic carbocycles. The second kappa shape index (κ2) is 16.6. The first-order valence-corrected chi connectivity index (χ1v) is 11.0. The molecule has 0 fully saturated rings. The molecule has 0 aliphatic heterocycles. The topological polar surface area (TPSA) is 171 Å². The van der Waals surface area contributed by atoms with Crippen LogP contribution in [0.5, 0.6) is 0 Å². The Bertz CT molecular complexity index is 1010. The van der Waals surface area contributed by atoms with Crippen LogP contribution in [0.2, 0.25) is 0 Å². The van der Waals surface area contributed by atoms with E-state index in [4.69, 9.17) is 15.6 Å². The second-order valence-corrected chi connectivity index (χ2v) is 8.04. The van der Waals surface area contributed by atoms with E-state index < -0.39 is 23.6 Å². The lowest BCUT2D eigenvalue weighted by molar-refractivity contribution is 0.0519. The molecule has 0 aliphatic rings. The van der Waals surface area contributed by atoms with Gasteiger partial charge in [0.25, 0.3) is 0 Å². The molecule has 0 spiro atoms. The number of hydrogen-bond donors (Lipinski definition) is 3. The van der Waals surface area contributed by atoms with Crippen LogP contribution in [0.3, 0.4) is 0 Å². The number of aliphatic hydroxyl groups is 1. The number of alkyl carbamates (subject to hydrolysis) is 1. The van der Waals surface area contributed by atoms with Crippen LogP contribution in [0, 0.1) is 0 Å². The van der Waals surface area contributed by atoms with Crippen LogP contribution in [0.15, 0.2) is 48.5 Å². The van der Waals surface area contributed by atoms with E-state index in [0.717, 1.165) is 7.11 Å². The lowest BCUT2D eigenvalue weighted by Crippen LogP contribution is -2.35. The van der Waals surface area contributed by atoms with Gasteiger partial charge < -0.3 is 30.4 Å². The van der Waals surface area contributed by atoms with Gasteiger partial charge in [-0.25, -0.2) is 14.4 Å². The number of aliphatic hydroxyl groups excluding tert-OH is 1. The minimum Gasteiger partial charge on any atom is -0.465 e. The highest BCUT2D eigenvalue weighted by Gasteiger charge is 2.17. The standard InChI is InChI=1S/C15H19NO5.C10H11NO3.CH4O/c1-15(2,3)21-14(19)16-9-12(17)10-5-7-11(8-6-10)13(18)20-4;1-14-10(13)8-4-2-7(3-5-8)9(12)6-11;1-2/h5-8H,9H2,1-4H3,(H,16,19);2-5H,6,11H2,1H3;2H,1H3. The summed E-state index contributed by atoms with van der Waals surface area (Å²) in [5.41, 5.74) is 6.23. The van der Waals surface area contributed by atoms with Crippen molar-refractivity contribution in [1.29, 1.82) is 0 Å². The summed E-state index contributed by atoms with van der Waals surface area (Å²) in [6.45, 7) is 5.00. The van der Waals surface area contributed by atoms with Crippen molar-refractivity contribution < 1.29 is 43.3 Å². The number of carbonyl (C=O) groups excluding carboxylic acids is 5. The zero-order valence-electron chi connectivity index (χ0n) is 21.8. The van der Waals surface area contributed by atoms with Crippen LogP contribution in [0.25, 0.3) is 0 Å². The number of hydrogen-bond acceptors (Lipinski definition) is 10. The van der Waals surface area contributed by atoms with E-state index in [2.05, 4.69) is 14.8 Å². The Morgan fingerprint density at radius 1 is 0.730 bits per heavy atom. The zero-order chi connectivity index (χ0) is 28.6. The number of Topliss-reactive ketones (excluding diaryl/α,β-unsaturated/α-hetero) is 2. The first-order chi connectivity index (χ1) is 17.4. The molecule has 2 aromatic carbocycles. The predicted octanol–water partition coefficient (Wildman–Crippen LogP) is 2.40. The molecule has 0 saturated heterocycles. The summed E-state index contributed by atoms with van der Waals surface area (Å²) in [5, 5.41) is 9.38. The van der Waals surface area contributed by atoms with E-state index >= 15 is 0 Å². The average Bonchev–Trinajstić information content (AvgIpc) is 2.91. The molecular weight excluding hydrogens is 484 g/mol. The van der Waals surface area contributed by atoms with E-state index in [1.165, 1.54) is 50.6 Å². The van der Waals surface area contributed by atoms with Gasteiger partial charge in [-0.3, -0.25) is 9.59 Å². The van der Waals surface area contributed by atoms with Gasteiger partial charge in [0.2, 0.25) is 0 Å². The largest absolute Gasteiger partial charge is 0.465 e. The molecule has 0 atom stereocenters. The summed E-state index contributed by atoms with van der Waals surface area (Å²) in [6, 6.07) is 12.2. The Kier molecular flexibility index (Phi) is 14.7. The predicted molar refractivity (Wildman–Crippen MR) is 136 cm³/mol. The molecule has 11 heteroatoms. The highest BCUT2D eigenvalue weighted by Crippen LogP contribution is 2.08. The fourth-order valence-corrected chi connectivity index (χ4v) is 2.51. The van der Waals surface area contributed by atoms with Gasteiger partial charge in [-0.1, -0.05) is 24.3 Å². The van der Waals surface area contributed by atoms with Crippen LogP contribution >= 0.6 is 0 Å². The van der Waals surface area contributed by atoms with E-state index in [1.807, 2.05) is 0 Å². The number of carbonyl (C=O) groups is 5. The van der Waals surface area contributed by atoms with Crippen molar-refractivity contribution in [3.8, 4) is 0 Å². The monoisotopic (exact) mass is 518 g/mol. The fraction of sp³-hybridized carbons (Fsp3) is 0.346. The van der Waals surface area contributed by atoms with Gasteiger partial charge in [0, 0.05) is 18.2 Å². The van der Waals surface area contributed by atoms with Gasteiger partial charge in [-0.05, 0) is 45.0 Å². The number of amides is 1. The second-order valence-electron chi connectivity index (χ2n) is 8.04. The van der Waals surface area contributed by atoms with Gasteiger partial charge in [0.05, 0.1) is 38.4 Å². The molecule has 0 heterocycles. The molecule has 2 rings (SSSR count). The van der Waals surface area contributed by atoms with Crippen LogP contribution in [0.4, 0.5) is 4.79 Å². The number of methoxy groups -OCH3 is 2. The van der Waals surface area contributed by atoms with E-state index in [9.17, 15) is 24.0 Å². The number of benzene rings is 2. The third-order valence-corrected chi connectivity index (χ3v) is 4.23. The van der Waals surface area contributed by atoms with Crippen molar-refractivity contribution in [1.82, 2.24) is 5.32 Å². The zero-order valence-corrected chi connectivity index (χ0v) is 21.8. The average molecular weight is 519 g/mol. The van der Waals surface area contributed by atoms with Gasteiger partial charge in [-0.2, -0.15) is 0 Å². The van der Waals surface area contributed by atoms with Crippen molar-refractivity contribution >= 4 is 29.6 Å². The minimum atomic E-state index is -0.651. The maximum absolute atomic E-state index is 11.9. The molecular formula is C26H34N2O9. The highest BCUT2D eigenvalue weighted by atomic mass is 16.6. The number of ketones is 2. The maximum Gasteiger partial charge on any atom is 0.408 e. The molecule has 0 bridgehead atoms. The SMILES string of the molecule is CO.COC(=O)c1ccc(C(=O)CN)cc1.COC(=O)c1ccc(C(=O)CNC(=O)OC(C)(C)C)cc1. The lowest BCUT2D eigenvalue weighted by atomic mass is 10.1. The van der Waals surface area contributed by atoms with Gasteiger partial charge in [-0.15, -0.1) is 0 Å². The van der Waals surface area contributed by atoms with Crippen molar-refractivity contribution in [2.45, 2.75) is 26.4 Å².